The zero-order valence-corrected chi connectivity index (χ0v) is 12.8. The summed E-state index contributed by atoms with van der Waals surface area (Å²) in [4.78, 5) is -2.97. The van der Waals surface area contributed by atoms with Crippen molar-refractivity contribution >= 4 is 69.6 Å². The van der Waals surface area contributed by atoms with Crippen LogP contribution >= 0.6 is 69.6 Å². The van der Waals surface area contributed by atoms with E-state index < -0.39 is 25.9 Å². The van der Waals surface area contributed by atoms with Crippen molar-refractivity contribution in [2.24, 2.45) is 11.8 Å². The number of rotatable bonds is 2. The number of fused-ring (bicyclic) bond motifs is 2. The Balaban J connectivity index is 2.72. The molecule has 0 aromatic rings. The van der Waals surface area contributed by atoms with Crippen LogP contribution in [0.2, 0.25) is 0 Å². The van der Waals surface area contributed by atoms with Crippen molar-refractivity contribution in [2.45, 2.75) is 14.1 Å². The lowest BCUT2D eigenvalue weighted by atomic mass is 9.83. The van der Waals surface area contributed by atoms with Crippen LogP contribution in [-0.2, 0) is 0 Å². The van der Waals surface area contributed by atoms with Gasteiger partial charge >= 0.3 is 0 Å². The molecule has 2 bridgehead atoms. The Morgan fingerprint density at radius 2 is 1.12 bits per heavy atom. The Morgan fingerprint density at radius 3 is 1.35 bits per heavy atom. The van der Waals surface area contributed by atoms with Gasteiger partial charge in [0.05, 0.1) is 10.1 Å². The van der Waals surface area contributed by atoms with Crippen LogP contribution < -0.4 is 0 Å². The van der Waals surface area contributed by atoms with Gasteiger partial charge < -0.3 is 10.2 Å². The molecule has 8 heteroatoms. The van der Waals surface area contributed by atoms with Crippen LogP contribution in [0.5, 0.6) is 0 Å². The molecular weight excluding hydrogens is 353 g/mol. The summed E-state index contributed by atoms with van der Waals surface area (Å²) >= 11 is 37.3. The summed E-state index contributed by atoms with van der Waals surface area (Å²) < 4.78 is -1.70. The minimum absolute atomic E-state index is 0.0320. The second kappa shape index (κ2) is 4.20. The molecule has 2 nitrogen and oxygen atoms in total. The maximum atomic E-state index is 9.41. The average Bonchev–Trinajstić information content (AvgIpc) is 2.48. The fraction of sp³-hybridized carbons (Fsp3) is 0.778. The Morgan fingerprint density at radius 1 is 0.824 bits per heavy atom. The van der Waals surface area contributed by atoms with Crippen LogP contribution in [0.25, 0.3) is 0 Å². The number of hydrogen-bond acceptors (Lipinski definition) is 2. The molecule has 0 aromatic heterocycles. The summed E-state index contributed by atoms with van der Waals surface area (Å²) in [6.45, 7) is -0.713. The molecule has 2 rings (SSSR count). The highest BCUT2D eigenvalue weighted by atomic mass is 35.5. The normalized spacial score (nSPS) is 48.0. The van der Waals surface area contributed by atoms with Crippen LogP contribution in [0.3, 0.4) is 0 Å². The van der Waals surface area contributed by atoms with Gasteiger partial charge in [-0.25, -0.2) is 0 Å². The first kappa shape index (κ1) is 14.8. The summed E-state index contributed by atoms with van der Waals surface area (Å²) in [5.74, 6) is -1.34. The van der Waals surface area contributed by atoms with E-state index in [1.807, 2.05) is 0 Å². The fourth-order valence-corrected chi connectivity index (χ4v) is 5.78. The number of halogens is 6. The van der Waals surface area contributed by atoms with Crippen LogP contribution in [0, 0.1) is 11.8 Å². The number of allylic oxidation sites excluding steroid dienone is 2. The molecule has 1 saturated carbocycles. The zero-order valence-electron chi connectivity index (χ0n) is 8.23. The van der Waals surface area contributed by atoms with Crippen molar-refractivity contribution in [3.8, 4) is 0 Å². The van der Waals surface area contributed by atoms with Crippen molar-refractivity contribution in [1.82, 2.24) is 0 Å². The molecule has 1 fully saturated rings. The predicted octanol–water partition coefficient (Wildman–Crippen LogP) is 3.05. The van der Waals surface area contributed by atoms with Crippen molar-refractivity contribution in [2.75, 3.05) is 13.2 Å². The maximum Gasteiger partial charge on any atom is 0.167 e. The number of alkyl halides is 4. The van der Waals surface area contributed by atoms with E-state index in [9.17, 15) is 10.2 Å². The molecule has 98 valence electrons. The van der Waals surface area contributed by atoms with E-state index in [0.29, 0.717) is 0 Å². The first-order valence-corrected chi connectivity index (χ1v) is 7.01. The molecule has 0 radical (unpaired) electrons. The van der Waals surface area contributed by atoms with E-state index in [0.717, 1.165) is 0 Å². The third-order valence-corrected chi connectivity index (χ3v) is 8.00. The van der Waals surface area contributed by atoms with Gasteiger partial charge in [-0.2, -0.15) is 0 Å². The number of aliphatic hydroxyl groups is 2. The van der Waals surface area contributed by atoms with Crippen LogP contribution in [-0.4, -0.2) is 37.5 Å². The lowest BCUT2D eigenvalue weighted by molar-refractivity contribution is 0.120. The molecule has 0 amide bonds. The van der Waals surface area contributed by atoms with E-state index >= 15 is 0 Å². The molecule has 0 aromatic carbocycles. The highest BCUT2D eigenvalue weighted by Crippen LogP contribution is 2.75. The van der Waals surface area contributed by atoms with Gasteiger partial charge in [-0.1, -0.05) is 46.4 Å². The van der Waals surface area contributed by atoms with Gasteiger partial charge in [-0.3, -0.25) is 0 Å². The van der Waals surface area contributed by atoms with Crippen molar-refractivity contribution in [3.63, 3.8) is 0 Å². The first-order chi connectivity index (χ1) is 7.71. The Hall–Kier alpha value is 1.40. The standard InChI is InChI=1S/C9H8Cl6O2/c10-5-6(11)8(13)4(2-17)3(1-16)7(5,12)9(8,14)15/h3-4,16-17H,1-2H2/t3-,4-,7+,8+/m1/s1. The quantitative estimate of drug-likeness (QED) is 0.743. The van der Waals surface area contributed by atoms with Gasteiger partial charge in [0.1, 0.15) is 9.75 Å². The second-order valence-electron chi connectivity index (χ2n) is 4.20. The molecule has 2 aliphatic carbocycles. The lowest BCUT2D eigenvalue weighted by Crippen LogP contribution is -2.45. The topological polar surface area (TPSA) is 40.5 Å². The van der Waals surface area contributed by atoms with Gasteiger partial charge in [0.2, 0.25) is 0 Å². The molecule has 0 unspecified atom stereocenters. The van der Waals surface area contributed by atoms with E-state index in [1.165, 1.54) is 0 Å². The minimum atomic E-state index is -1.70. The van der Waals surface area contributed by atoms with E-state index in [1.54, 1.807) is 0 Å². The van der Waals surface area contributed by atoms with Gasteiger partial charge in [-0.15, -0.1) is 23.2 Å². The number of aliphatic hydroxyl groups excluding tert-OH is 2. The summed E-state index contributed by atoms with van der Waals surface area (Å²) in [5.41, 5.74) is 0. The Kier molecular flexibility index (Phi) is 3.65. The van der Waals surface area contributed by atoms with Crippen molar-refractivity contribution in [1.29, 1.82) is 0 Å². The van der Waals surface area contributed by atoms with Gasteiger partial charge in [0.25, 0.3) is 0 Å². The molecule has 0 heterocycles. The lowest BCUT2D eigenvalue weighted by Gasteiger charge is -2.34. The van der Waals surface area contributed by atoms with E-state index in [4.69, 9.17) is 69.6 Å². The maximum absolute atomic E-state index is 9.41. The summed E-state index contributed by atoms with van der Waals surface area (Å²) in [5, 5.41) is 18.9. The molecular formula is C9H8Cl6O2. The molecule has 4 atom stereocenters. The summed E-state index contributed by atoms with van der Waals surface area (Å²) in [6, 6.07) is 0. The number of hydrogen-bond donors (Lipinski definition) is 2. The third kappa shape index (κ3) is 1.34. The minimum Gasteiger partial charge on any atom is -0.396 e. The molecule has 0 spiro atoms. The molecule has 0 aliphatic heterocycles. The molecule has 2 aliphatic rings. The van der Waals surface area contributed by atoms with Gasteiger partial charge in [-0.05, 0) is 0 Å². The summed E-state index contributed by atoms with van der Waals surface area (Å²) in [6.07, 6.45) is 0. The van der Waals surface area contributed by atoms with Crippen LogP contribution in [0.15, 0.2) is 10.1 Å². The van der Waals surface area contributed by atoms with Crippen molar-refractivity contribution < 1.29 is 10.2 Å². The average molecular weight is 361 g/mol. The highest BCUT2D eigenvalue weighted by molar-refractivity contribution is 6.65. The highest BCUT2D eigenvalue weighted by Gasteiger charge is 2.81. The van der Waals surface area contributed by atoms with E-state index in [-0.39, 0.29) is 23.3 Å². The third-order valence-electron chi connectivity index (χ3n) is 3.65. The Labute approximate surface area is 128 Å². The largest absolute Gasteiger partial charge is 0.396 e. The first-order valence-electron chi connectivity index (χ1n) is 4.74. The Bertz CT molecular complexity index is 363. The second-order valence-corrected chi connectivity index (χ2v) is 7.48. The molecule has 2 N–H and O–H groups in total. The summed E-state index contributed by atoms with van der Waals surface area (Å²) in [7, 11) is 0. The molecule has 17 heavy (non-hydrogen) atoms. The zero-order chi connectivity index (χ0) is 13.2. The van der Waals surface area contributed by atoms with E-state index in [2.05, 4.69) is 0 Å². The van der Waals surface area contributed by atoms with Crippen LogP contribution in [0.4, 0.5) is 0 Å². The fourth-order valence-electron chi connectivity index (χ4n) is 2.71. The molecule has 0 saturated heterocycles. The smallest absolute Gasteiger partial charge is 0.167 e. The SMILES string of the molecule is OC[C@@H]1[C@@H](CO)[C@]2(Cl)C(Cl)=C(Cl)[C@]1(Cl)C2(Cl)Cl. The van der Waals surface area contributed by atoms with Crippen molar-refractivity contribution in [3.05, 3.63) is 10.1 Å². The van der Waals surface area contributed by atoms with Gasteiger partial charge in [0.15, 0.2) is 4.33 Å². The monoisotopic (exact) mass is 358 g/mol. The van der Waals surface area contributed by atoms with Gasteiger partial charge in [0, 0.05) is 25.0 Å². The van der Waals surface area contributed by atoms with Crippen LogP contribution in [0.1, 0.15) is 0 Å². The predicted molar refractivity (Wildman–Crippen MR) is 71.5 cm³/mol.